The molecule has 2 unspecified atom stereocenters. The number of carbonyl (C=O) groups excluding carboxylic acids is 1. The molecular weight excluding hydrogens is 222 g/mol. The van der Waals surface area contributed by atoms with Crippen molar-refractivity contribution in [1.29, 1.82) is 0 Å². The number of nitrogens with zero attached hydrogens (tertiary/aromatic N) is 1. The number of likely N-dealkylation sites (N-methyl/N-ethyl adjacent to an activating group) is 1. The molecule has 0 spiro atoms. The maximum Gasteiger partial charge on any atom is 0.238 e. The van der Waals surface area contributed by atoms with Crippen molar-refractivity contribution in [3.05, 3.63) is 0 Å². The molecule has 0 aromatic carbocycles. The largest absolute Gasteiger partial charge is 0.358 e. The van der Waals surface area contributed by atoms with Crippen molar-refractivity contribution in [2.45, 2.75) is 24.9 Å². The van der Waals surface area contributed by atoms with E-state index in [1.54, 1.807) is 7.05 Å². The Bertz CT molecular complexity index is 243. The molecule has 0 aromatic heterocycles. The molecule has 2 aliphatic rings. The van der Waals surface area contributed by atoms with Gasteiger partial charge in [0, 0.05) is 38.5 Å². The number of nitrogens with one attached hydrogen (secondary N) is 2. The second-order valence-corrected chi connectivity index (χ2v) is 5.59. The summed E-state index contributed by atoms with van der Waals surface area (Å²) in [5.41, 5.74) is 0. The summed E-state index contributed by atoms with van der Waals surface area (Å²) in [5, 5.41) is 6.09. The highest BCUT2D eigenvalue weighted by molar-refractivity contribution is 7.99. The lowest BCUT2D eigenvalue weighted by Gasteiger charge is -2.41. The Kier molecular flexibility index (Phi) is 4.49. The third kappa shape index (κ3) is 2.70. The summed E-state index contributed by atoms with van der Waals surface area (Å²) in [7, 11) is 1.73. The Morgan fingerprint density at radius 2 is 2.44 bits per heavy atom. The van der Waals surface area contributed by atoms with Crippen LogP contribution in [0.4, 0.5) is 0 Å². The quantitative estimate of drug-likeness (QED) is 0.711. The molecule has 0 saturated carbocycles. The molecule has 0 bridgehead atoms. The summed E-state index contributed by atoms with van der Waals surface area (Å²) in [4.78, 5) is 14.2. The number of rotatable bonds is 2. The number of hydrogen-bond donors (Lipinski definition) is 2. The smallest absolute Gasteiger partial charge is 0.238 e. The molecule has 92 valence electrons. The second kappa shape index (κ2) is 5.89. The summed E-state index contributed by atoms with van der Waals surface area (Å²) in [5.74, 6) is 2.63. The van der Waals surface area contributed by atoms with Crippen LogP contribution in [0.25, 0.3) is 0 Å². The second-order valence-electron chi connectivity index (χ2n) is 4.44. The average molecular weight is 243 g/mol. The van der Waals surface area contributed by atoms with Crippen LogP contribution in [-0.2, 0) is 4.79 Å². The van der Waals surface area contributed by atoms with E-state index < -0.39 is 0 Å². The van der Waals surface area contributed by atoms with Crippen LogP contribution in [0, 0.1) is 0 Å². The summed E-state index contributed by atoms with van der Waals surface area (Å²) >= 11 is 2.02. The Hall–Kier alpha value is -0.260. The Balaban J connectivity index is 2.00. The maximum atomic E-state index is 11.8. The predicted octanol–water partition coefficient (Wildman–Crippen LogP) is -0.0982. The van der Waals surface area contributed by atoms with Crippen LogP contribution in [0.15, 0.2) is 0 Å². The van der Waals surface area contributed by atoms with Gasteiger partial charge < -0.3 is 10.6 Å². The third-order valence-corrected chi connectivity index (χ3v) is 4.64. The number of amides is 1. The Labute approximate surface area is 102 Å². The minimum absolute atomic E-state index is 0.0300. The zero-order valence-corrected chi connectivity index (χ0v) is 10.7. The number of piperazine rings is 1. The summed E-state index contributed by atoms with van der Waals surface area (Å²) in [6, 6.07) is 0.630. The summed E-state index contributed by atoms with van der Waals surface area (Å²) in [6.07, 6.45) is 2.54. The molecule has 2 N–H and O–H groups in total. The van der Waals surface area contributed by atoms with E-state index in [1.165, 1.54) is 24.3 Å². The van der Waals surface area contributed by atoms with Crippen molar-refractivity contribution < 1.29 is 4.79 Å². The predicted molar refractivity (Wildman–Crippen MR) is 67.8 cm³/mol. The first-order chi connectivity index (χ1) is 7.83. The van der Waals surface area contributed by atoms with Gasteiger partial charge in [-0.1, -0.05) is 0 Å². The minimum atomic E-state index is 0.0300. The molecule has 4 nitrogen and oxygen atoms in total. The summed E-state index contributed by atoms with van der Waals surface area (Å²) in [6.45, 7) is 2.80. The molecule has 2 fully saturated rings. The van der Waals surface area contributed by atoms with E-state index in [2.05, 4.69) is 15.5 Å². The van der Waals surface area contributed by atoms with Crippen molar-refractivity contribution in [2.24, 2.45) is 0 Å². The lowest BCUT2D eigenvalue weighted by atomic mass is 10.1. The van der Waals surface area contributed by atoms with Gasteiger partial charge in [-0.15, -0.1) is 0 Å². The highest BCUT2D eigenvalue weighted by atomic mass is 32.2. The van der Waals surface area contributed by atoms with E-state index in [0.717, 1.165) is 19.6 Å². The van der Waals surface area contributed by atoms with Crippen molar-refractivity contribution in [1.82, 2.24) is 15.5 Å². The van der Waals surface area contributed by atoms with Gasteiger partial charge in [-0.3, -0.25) is 9.69 Å². The van der Waals surface area contributed by atoms with Crippen LogP contribution in [0.1, 0.15) is 12.8 Å². The van der Waals surface area contributed by atoms with Crippen LogP contribution in [0.3, 0.4) is 0 Å². The van der Waals surface area contributed by atoms with Gasteiger partial charge >= 0.3 is 0 Å². The normalized spacial score (nSPS) is 32.3. The van der Waals surface area contributed by atoms with Crippen LogP contribution in [0.2, 0.25) is 0 Å². The highest BCUT2D eigenvalue weighted by Crippen LogP contribution is 2.23. The first-order valence-electron chi connectivity index (χ1n) is 6.08. The Morgan fingerprint density at radius 3 is 3.12 bits per heavy atom. The number of carbonyl (C=O) groups is 1. The molecule has 0 radical (unpaired) electrons. The van der Waals surface area contributed by atoms with Gasteiger partial charge in [0.1, 0.15) is 6.04 Å². The Morgan fingerprint density at radius 1 is 1.56 bits per heavy atom. The van der Waals surface area contributed by atoms with Gasteiger partial charge in [-0.05, 0) is 18.6 Å². The minimum Gasteiger partial charge on any atom is -0.358 e. The molecule has 1 amide bonds. The molecule has 16 heavy (non-hydrogen) atoms. The zero-order valence-electron chi connectivity index (χ0n) is 9.87. The molecule has 2 saturated heterocycles. The van der Waals surface area contributed by atoms with Crippen molar-refractivity contribution in [2.75, 3.05) is 38.2 Å². The van der Waals surface area contributed by atoms with Gasteiger partial charge in [0.15, 0.2) is 0 Å². The fourth-order valence-electron chi connectivity index (χ4n) is 2.55. The monoisotopic (exact) mass is 243 g/mol. The van der Waals surface area contributed by atoms with Crippen molar-refractivity contribution in [3.8, 4) is 0 Å². The molecule has 2 rings (SSSR count). The lowest BCUT2D eigenvalue weighted by Crippen LogP contribution is -2.61. The SMILES string of the molecule is CNC(=O)C1CNCCN1C1CCCSC1. The van der Waals surface area contributed by atoms with Gasteiger partial charge in [-0.25, -0.2) is 0 Å². The number of hydrogen-bond acceptors (Lipinski definition) is 4. The van der Waals surface area contributed by atoms with Crippen LogP contribution in [-0.4, -0.2) is 61.1 Å². The molecule has 2 heterocycles. The molecule has 5 heteroatoms. The van der Waals surface area contributed by atoms with E-state index >= 15 is 0 Å². The first kappa shape index (κ1) is 12.2. The third-order valence-electron chi connectivity index (χ3n) is 3.44. The fourth-order valence-corrected chi connectivity index (χ4v) is 3.72. The summed E-state index contributed by atoms with van der Waals surface area (Å²) < 4.78 is 0. The average Bonchev–Trinajstić information content (AvgIpc) is 2.39. The lowest BCUT2D eigenvalue weighted by molar-refractivity contribution is -0.127. The molecule has 2 atom stereocenters. The molecule has 2 aliphatic heterocycles. The van der Waals surface area contributed by atoms with Crippen LogP contribution in [0.5, 0.6) is 0 Å². The van der Waals surface area contributed by atoms with Gasteiger partial charge in [-0.2, -0.15) is 11.8 Å². The molecular formula is C11H21N3OS. The number of thioether (sulfide) groups is 1. The van der Waals surface area contributed by atoms with E-state index in [0.29, 0.717) is 6.04 Å². The van der Waals surface area contributed by atoms with Crippen molar-refractivity contribution >= 4 is 17.7 Å². The molecule has 0 aliphatic carbocycles. The standard InChI is InChI=1S/C11H21N3OS/c1-12-11(15)10-7-13-4-5-14(10)9-3-2-6-16-8-9/h9-10,13H,2-8H2,1H3,(H,12,15). The molecule has 0 aromatic rings. The van der Waals surface area contributed by atoms with Crippen molar-refractivity contribution in [3.63, 3.8) is 0 Å². The van der Waals surface area contributed by atoms with Gasteiger partial charge in [0.25, 0.3) is 0 Å². The fraction of sp³-hybridized carbons (Fsp3) is 0.909. The van der Waals surface area contributed by atoms with Gasteiger partial charge in [0.2, 0.25) is 5.91 Å². The maximum absolute atomic E-state index is 11.8. The van der Waals surface area contributed by atoms with Gasteiger partial charge in [0.05, 0.1) is 0 Å². The van der Waals surface area contributed by atoms with E-state index in [1.807, 2.05) is 11.8 Å². The van der Waals surface area contributed by atoms with Crippen LogP contribution >= 0.6 is 11.8 Å². The first-order valence-corrected chi connectivity index (χ1v) is 7.24. The highest BCUT2D eigenvalue weighted by Gasteiger charge is 2.33. The van der Waals surface area contributed by atoms with E-state index in [9.17, 15) is 4.79 Å². The van der Waals surface area contributed by atoms with Crippen LogP contribution < -0.4 is 10.6 Å². The van der Waals surface area contributed by atoms with E-state index in [-0.39, 0.29) is 11.9 Å². The topological polar surface area (TPSA) is 44.4 Å². The van der Waals surface area contributed by atoms with E-state index in [4.69, 9.17) is 0 Å². The zero-order chi connectivity index (χ0) is 11.4.